The first-order valence-electron chi connectivity index (χ1n) is 5.97. The Bertz CT molecular complexity index is 495. The lowest BCUT2D eigenvalue weighted by atomic mass is 10.2. The largest absolute Gasteiger partial charge is 0.326 e. The standard InChI is InChI=1S/C13H15FN2O2S/c1-19-6-5-11-12(17)16(13(18)15-11)8-9-3-2-4-10(14)7-9/h2-4,7,11H,5-6,8H2,1H3,(H,15,18). The van der Waals surface area contributed by atoms with Crippen LogP contribution in [0.5, 0.6) is 0 Å². The summed E-state index contributed by atoms with van der Waals surface area (Å²) in [5.74, 6) is 0.205. The molecule has 2 rings (SSSR count). The van der Waals surface area contributed by atoms with Gasteiger partial charge in [-0.1, -0.05) is 12.1 Å². The van der Waals surface area contributed by atoms with Crippen LogP contribution in [0.4, 0.5) is 9.18 Å². The number of rotatable bonds is 5. The molecule has 1 N–H and O–H groups in total. The van der Waals surface area contributed by atoms with E-state index in [2.05, 4.69) is 5.32 Å². The van der Waals surface area contributed by atoms with Gasteiger partial charge in [-0.3, -0.25) is 9.69 Å². The summed E-state index contributed by atoms with van der Waals surface area (Å²) in [5.41, 5.74) is 0.606. The van der Waals surface area contributed by atoms with Crippen molar-refractivity contribution < 1.29 is 14.0 Å². The van der Waals surface area contributed by atoms with E-state index in [1.807, 2.05) is 6.26 Å². The number of hydrogen-bond acceptors (Lipinski definition) is 3. The van der Waals surface area contributed by atoms with Crippen LogP contribution in [0, 0.1) is 5.82 Å². The quantitative estimate of drug-likeness (QED) is 0.840. The Labute approximate surface area is 115 Å². The van der Waals surface area contributed by atoms with Crippen molar-refractivity contribution in [1.29, 1.82) is 0 Å². The third-order valence-corrected chi connectivity index (χ3v) is 3.59. The molecule has 1 fully saturated rings. The molecular weight excluding hydrogens is 267 g/mol. The van der Waals surface area contributed by atoms with Crippen molar-refractivity contribution in [2.45, 2.75) is 19.0 Å². The molecule has 0 spiro atoms. The van der Waals surface area contributed by atoms with Crippen LogP contribution < -0.4 is 5.32 Å². The number of benzene rings is 1. The minimum absolute atomic E-state index is 0.109. The zero-order valence-corrected chi connectivity index (χ0v) is 11.4. The topological polar surface area (TPSA) is 49.4 Å². The number of imide groups is 1. The molecule has 4 nitrogen and oxygen atoms in total. The Morgan fingerprint density at radius 3 is 2.89 bits per heavy atom. The van der Waals surface area contributed by atoms with Crippen LogP contribution in [0.15, 0.2) is 24.3 Å². The Morgan fingerprint density at radius 2 is 2.21 bits per heavy atom. The second-order valence-electron chi connectivity index (χ2n) is 4.34. The van der Waals surface area contributed by atoms with Crippen molar-refractivity contribution in [3.8, 4) is 0 Å². The molecule has 19 heavy (non-hydrogen) atoms. The Morgan fingerprint density at radius 1 is 1.42 bits per heavy atom. The zero-order valence-electron chi connectivity index (χ0n) is 10.6. The van der Waals surface area contributed by atoms with Crippen LogP contribution in [0.25, 0.3) is 0 Å². The molecule has 1 saturated heterocycles. The summed E-state index contributed by atoms with van der Waals surface area (Å²) in [6.07, 6.45) is 2.57. The number of amides is 3. The summed E-state index contributed by atoms with van der Waals surface area (Å²) in [5, 5.41) is 2.65. The van der Waals surface area contributed by atoms with E-state index >= 15 is 0 Å². The molecule has 0 bridgehead atoms. The maximum Gasteiger partial charge on any atom is 0.325 e. The lowest BCUT2D eigenvalue weighted by molar-refractivity contribution is -0.127. The number of halogens is 1. The minimum atomic E-state index is -0.450. The highest BCUT2D eigenvalue weighted by molar-refractivity contribution is 7.98. The second-order valence-corrected chi connectivity index (χ2v) is 5.32. The molecule has 102 valence electrons. The van der Waals surface area contributed by atoms with Gasteiger partial charge in [0.2, 0.25) is 0 Å². The van der Waals surface area contributed by atoms with Crippen LogP contribution in [0.3, 0.4) is 0 Å². The molecule has 1 aromatic carbocycles. The van der Waals surface area contributed by atoms with Crippen molar-refractivity contribution in [3.05, 3.63) is 35.6 Å². The van der Waals surface area contributed by atoms with Crippen LogP contribution >= 0.6 is 11.8 Å². The van der Waals surface area contributed by atoms with Gasteiger partial charge in [0.05, 0.1) is 6.54 Å². The Kier molecular flexibility index (Phi) is 4.42. The van der Waals surface area contributed by atoms with E-state index in [1.165, 1.54) is 12.1 Å². The average molecular weight is 282 g/mol. The minimum Gasteiger partial charge on any atom is -0.326 e. The lowest BCUT2D eigenvalue weighted by Crippen LogP contribution is -2.31. The number of nitrogens with zero attached hydrogens (tertiary/aromatic N) is 1. The van der Waals surface area contributed by atoms with Gasteiger partial charge in [0.25, 0.3) is 5.91 Å². The first kappa shape index (κ1) is 13.9. The van der Waals surface area contributed by atoms with E-state index in [0.29, 0.717) is 12.0 Å². The Hall–Kier alpha value is -1.56. The van der Waals surface area contributed by atoms with E-state index in [0.717, 1.165) is 10.7 Å². The predicted octanol–water partition coefficient (Wildman–Crippen LogP) is 2.00. The summed E-state index contributed by atoms with van der Waals surface area (Å²) in [7, 11) is 0. The van der Waals surface area contributed by atoms with Gasteiger partial charge >= 0.3 is 6.03 Å². The molecule has 0 saturated carbocycles. The van der Waals surface area contributed by atoms with Crippen molar-refractivity contribution in [2.75, 3.05) is 12.0 Å². The first-order valence-corrected chi connectivity index (χ1v) is 7.36. The number of hydrogen-bond donors (Lipinski definition) is 1. The smallest absolute Gasteiger partial charge is 0.325 e. The highest BCUT2D eigenvalue weighted by Crippen LogP contribution is 2.15. The fourth-order valence-corrected chi connectivity index (χ4v) is 2.45. The summed E-state index contributed by atoms with van der Waals surface area (Å²) >= 11 is 1.63. The van der Waals surface area contributed by atoms with E-state index in [1.54, 1.807) is 23.9 Å². The van der Waals surface area contributed by atoms with Gasteiger partial charge in [-0.2, -0.15) is 11.8 Å². The fourth-order valence-electron chi connectivity index (χ4n) is 1.98. The van der Waals surface area contributed by atoms with Crippen LogP contribution in [-0.4, -0.2) is 34.9 Å². The number of carbonyl (C=O) groups is 2. The second kappa shape index (κ2) is 6.06. The average Bonchev–Trinajstić information content (AvgIpc) is 2.64. The number of urea groups is 1. The molecule has 1 aliphatic rings. The van der Waals surface area contributed by atoms with Crippen LogP contribution in [0.1, 0.15) is 12.0 Å². The van der Waals surface area contributed by atoms with Crippen molar-refractivity contribution in [2.24, 2.45) is 0 Å². The molecule has 0 aromatic heterocycles. The van der Waals surface area contributed by atoms with Crippen molar-refractivity contribution in [1.82, 2.24) is 10.2 Å². The molecule has 1 aliphatic heterocycles. The number of carbonyl (C=O) groups excluding carboxylic acids is 2. The van der Waals surface area contributed by atoms with Crippen molar-refractivity contribution in [3.63, 3.8) is 0 Å². The zero-order chi connectivity index (χ0) is 13.8. The third kappa shape index (κ3) is 3.26. The Balaban J connectivity index is 2.04. The highest BCUT2D eigenvalue weighted by atomic mass is 32.2. The van der Waals surface area contributed by atoms with E-state index in [9.17, 15) is 14.0 Å². The summed E-state index contributed by atoms with van der Waals surface area (Å²) in [6, 6.07) is 5.06. The van der Waals surface area contributed by atoms with Gasteiger partial charge in [-0.05, 0) is 36.1 Å². The summed E-state index contributed by atoms with van der Waals surface area (Å²) in [4.78, 5) is 24.9. The summed E-state index contributed by atoms with van der Waals surface area (Å²) in [6.45, 7) is 0.109. The lowest BCUT2D eigenvalue weighted by Gasteiger charge is -2.13. The molecule has 0 radical (unpaired) electrons. The highest BCUT2D eigenvalue weighted by Gasteiger charge is 2.37. The van der Waals surface area contributed by atoms with Crippen LogP contribution in [-0.2, 0) is 11.3 Å². The molecule has 1 atom stereocenters. The fraction of sp³-hybridized carbons (Fsp3) is 0.385. The SMILES string of the molecule is CSCCC1NC(=O)N(Cc2cccc(F)c2)C1=O. The molecule has 3 amide bonds. The molecule has 6 heteroatoms. The molecule has 1 aromatic rings. The molecule has 1 heterocycles. The molecule has 1 unspecified atom stereocenters. The third-order valence-electron chi connectivity index (χ3n) is 2.95. The summed E-state index contributed by atoms with van der Waals surface area (Å²) < 4.78 is 13.1. The van der Waals surface area contributed by atoms with Gasteiger partial charge in [0, 0.05) is 0 Å². The number of nitrogens with one attached hydrogen (secondary N) is 1. The number of thioether (sulfide) groups is 1. The van der Waals surface area contributed by atoms with E-state index < -0.39 is 12.1 Å². The van der Waals surface area contributed by atoms with Crippen molar-refractivity contribution >= 4 is 23.7 Å². The normalized spacial score (nSPS) is 18.8. The van der Waals surface area contributed by atoms with Gasteiger partial charge < -0.3 is 5.32 Å². The monoisotopic (exact) mass is 282 g/mol. The van der Waals surface area contributed by atoms with Gasteiger partial charge in [-0.15, -0.1) is 0 Å². The van der Waals surface area contributed by atoms with Gasteiger partial charge in [0.1, 0.15) is 11.9 Å². The maximum atomic E-state index is 13.1. The van der Waals surface area contributed by atoms with Gasteiger partial charge in [-0.25, -0.2) is 9.18 Å². The van der Waals surface area contributed by atoms with Crippen LogP contribution in [0.2, 0.25) is 0 Å². The van der Waals surface area contributed by atoms with E-state index in [4.69, 9.17) is 0 Å². The molecule has 0 aliphatic carbocycles. The first-order chi connectivity index (χ1) is 9.11. The predicted molar refractivity (Wildman–Crippen MR) is 72.3 cm³/mol. The van der Waals surface area contributed by atoms with E-state index in [-0.39, 0.29) is 18.3 Å². The van der Waals surface area contributed by atoms with Gasteiger partial charge in [0.15, 0.2) is 0 Å². The molecular formula is C13H15FN2O2S. The maximum absolute atomic E-state index is 13.1.